The normalized spacial score (nSPS) is 29.2. The van der Waals surface area contributed by atoms with Crippen LogP contribution in [0.2, 0.25) is 0 Å². The molecule has 0 aromatic carbocycles. The summed E-state index contributed by atoms with van der Waals surface area (Å²) in [6.07, 6.45) is 12.9. The summed E-state index contributed by atoms with van der Waals surface area (Å²) in [7, 11) is 2.35. The molecule has 2 fully saturated rings. The first kappa shape index (κ1) is 15.3. The van der Waals surface area contributed by atoms with Crippen LogP contribution in [0, 0.1) is 11.8 Å². The van der Waals surface area contributed by atoms with E-state index in [0.717, 1.165) is 17.9 Å². The number of hydrogen-bond acceptors (Lipinski definition) is 2. The van der Waals surface area contributed by atoms with Crippen molar-refractivity contribution < 1.29 is 0 Å². The minimum atomic E-state index is 0.791. The number of nitrogens with one attached hydrogen (secondary N) is 1. The molecule has 0 aromatic rings. The minimum absolute atomic E-state index is 0.791. The van der Waals surface area contributed by atoms with Crippen molar-refractivity contribution in [1.29, 1.82) is 0 Å². The lowest BCUT2D eigenvalue weighted by atomic mass is 9.84. The molecule has 1 N–H and O–H groups in total. The van der Waals surface area contributed by atoms with E-state index in [4.69, 9.17) is 0 Å². The predicted octanol–water partition coefficient (Wildman–Crippen LogP) is 3.67. The standard InChI is InChI=1S/C17H34N2/c1-3-12-18-17-11-7-6-10-16(17)14-19(2)13-15-8-4-5-9-15/h15-18H,3-14H2,1-2H3. The molecule has 2 saturated carbocycles. The fourth-order valence-electron chi connectivity index (χ4n) is 4.13. The van der Waals surface area contributed by atoms with E-state index in [2.05, 4.69) is 24.2 Å². The van der Waals surface area contributed by atoms with Crippen molar-refractivity contribution in [3.8, 4) is 0 Å². The highest BCUT2D eigenvalue weighted by Crippen LogP contribution is 2.28. The summed E-state index contributed by atoms with van der Waals surface area (Å²) in [6, 6.07) is 0.791. The van der Waals surface area contributed by atoms with Gasteiger partial charge in [0.15, 0.2) is 0 Å². The number of nitrogens with zero attached hydrogens (tertiary/aromatic N) is 1. The van der Waals surface area contributed by atoms with E-state index in [-0.39, 0.29) is 0 Å². The number of hydrogen-bond donors (Lipinski definition) is 1. The Kier molecular flexibility index (Phi) is 6.66. The van der Waals surface area contributed by atoms with Gasteiger partial charge in [-0.2, -0.15) is 0 Å². The van der Waals surface area contributed by atoms with Crippen molar-refractivity contribution in [2.45, 2.75) is 70.8 Å². The molecule has 0 spiro atoms. The molecular formula is C17H34N2. The first-order valence-electron chi connectivity index (χ1n) is 8.71. The van der Waals surface area contributed by atoms with E-state index in [0.29, 0.717) is 0 Å². The van der Waals surface area contributed by atoms with Crippen LogP contribution in [0.1, 0.15) is 64.7 Å². The average molecular weight is 266 g/mol. The van der Waals surface area contributed by atoms with Crippen LogP contribution in [0.15, 0.2) is 0 Å². The second-order valence-corrected chi connectivity index (χ2v) is 6.98. The molecular weight excluding hydrogens is 232 g/mol. The summed E-state index contributed by atoms with van der Waals surface area (Å²) < 4.78 is 0. The summed E-state index contributed by atoms with van der Waals surface area (Å²) in [5.74, 6) is 1.89. The summed E-state index contributed by atoms with van der Waals surface area (Å²) in [5.41, 5.74) is 0. The van der Waals surface area contributed by atoms with Crippen LogP contribution in [-0.4, -0.2) is 37.6 Å². The Morgan fingerprint density at radius 1 is 0.947 bits per heavy atom. The van der Waals surface area contributed by atoms with Gasteiger partial charge in [0.1, 0.15) is 0 Å². The van der Waals surface area contributed by atoms with Gasteiger partial charge in [-0.05, 0) is 57.5 Å². The molecule has 2 unspecified atom stereocenters. The van der Waals surface area contributed by atoms with Crippen molar-refractivity contribution in [2.24, 2.45) is 11.8 Å². The van der Waals surface area contributed by atoms with E-state index >= 15 is 0 Å². The van der Waals surface area contributed by atoms with Gasteiger partial charge in [0, 0.05) is 19.1 Å². The second kappa shape index (κ2) is 8.26. The molecule has 2 heteroatoms. The fourth-order valence-corrected chi connectivity index (χ4v) is 4.13. The van der Waals surface area contributed by atoms with Gasteiger partial charge in [0.25, 0.3) is 0 Å². The monoisotopic (exact) mass is 266 g/mol. The Morgan fingerprint density at radius 2 is 1.63 bits per heavy atom. The Balaban J connectivity index is 1.73. The van der Waals surface area contributed by atoms with Crippen molar-refractivity contribution in [2.75, 3.05) is 26.7 Å². The van der Waals surface area contributed by atoms with Crippen LogP contribution < -0.4 is 5.32 Å². The van der Waals surface area contributed by atoms with Crippen LogP contribution in [0.25, 0.3) is 0 Å². The first-order valence-corrected chi connectivity index (χ1v) is 8.71. The lowest BCUT2D eigenvalue weighted by Crippen LogP contribution is -2.44. The largest absolute Gasteiger partial charge is 0.314 e. The first-order chi connectivity index (χ1) is 9.29. The van der Waals surface area contributed by atoms with Gasteiger partial charge >= 0.3 is 0 Å². The maximum Gasteiger partial charge on any atom is 0.0107 e. The van der Waals surface area contributed by atoms with E-state index in [9.17, 15) is 0 Å². The number of rotatable bonds is 7. The Morgan fingerprint density at radius 3 is 2.37 bits per heavy atom. The molecule has 0 aromatic heterocycles. The van der Waals surface area contributed by atoms with Gasteiger partial charge in [-0.3, -0.25) is 0 Å². The maximum atomic E-state index is 3.79. The van der Waals surface area contributed by atoms with E-state index < -0.39 is 0 Å². The highest BCUT2D eigenvalue weighted by atomic mass is 15.1. The lowest BCUT2D eigenvalue weighted by Gasteiger charge is -2.35. The lowest BCUT2D eigenvalue weighted by molar-refractivity contribution is 0.174. The van der Waals surface area contributed by atoms with Crippen LogP contribution in [-0.2, 0) is 0 Å². The van der Waals surface area contributed by atoms with Crippen molar-refractivity contribution in [3.05, 3.63) is 0 Å². The summed E-state index contributed by atoms with van der Waals surface area (Å²) in [4.78, 5) is 2.63. The van der Waals surface area contributed by atoms with E-state index in [1.807, 2.05) is 0 Å². The van der Waals surface area contributed by atoms with Gasteiger partial charge in [-0.15, -0.1) is 0 Å². The van der Waals surface area contributed by atoms with Gasteiger partial charge in [0.05, 0.1) is 0 Å². The molecule has 0 amide bonds. The molecule has 2 aliphatic rings. The van der Waals surface area contributed by atoms with Gasteiger partial charge in [-0.1, -0.05) is 32.6 Å². The third-order valence-corrected chi connectivity index (χ3v) is 5.16. The summed E-state index contributed by atoms with van der Waals surface area (Å²) >= 11 is 0. The van der Waals surface area contributed by atoms with Crippen molar-refractivity contribution >= 4 is 0 Å². The highest BCUT2D eigenvalue weighted by Gasteiger charge is 2.26. The van der Waals surface area contributed by atoms with Crippen LogP contribution in [0.4, 0.5) is 0 Å². The van der Waals surface area contributed by atoms with Crippen LogP contribution in [0.5, 0.6) is 0 Å². The van der Waals surface area contributed by atoms with Gasteiger partial charge < -0.3 is 10.2 Å². The highest BCUT2D eigenvalue weighted by molar-refractivity contribution is 4.83. The molecule has 19 heavy (non-hydrogen) atoms. The molecule has 2 nitrogen and oxygen atoms in total. The molecule has 0 saturated heterocycles. The third kappa shape index (κ3) is 5.07. The SMILES string of the molecule is CCCNC1CCCCC1CN(C)CC1CCCC1. The average Bonchev–Trinajstić information content (AvgIpc) is 2.90. The molecule has 2 atom stereocenters. The molecule has 112 valence electrons. The van der Waals surface area contributed by atoms with Crippen molar-refractivity contribution in [3.63, 3.8) is 0 Å². The molecule has 2 rings (SSSR count). The molecule has 0 heterocycles. The zero-order valence-electron chi connectivity index (χ0n) is 13.2. The molecule has 2 aliphatic carbocycles. The Labute approximate surface area is 120 Å². The predicted molar refractivity (Wildman–Crippen MR) is 83.5 cm³/mol. The smallest absolute Gasteiger partial charge is 0.0107 e. The molecule has 0 bridgehead atoms. The van der Waals surface area contributed by atoms with E-state index in [1.54, 1.807) is 0 Å². The molecule has 0 radical (unpaired) electrons. The van der Waals surface area contributed by atoms with Gasteiger partial charge in [-0.25, -0.2) is 0 Å². The zero-order valence-corrected chi connectivity index (χ0v) is 13.2. The molecule has 0 aliphatic heterocycles. The Hall–Kier alpha value is -0.0800. The minimum Gasteiger partial charge on any atom is -0.314 e. The van der Waals surface area contributed by atoms with Crippen molar-refractivity contribution in [1.82, 2.24) is 10.2 Å². The topological polar surface area (TPSA) is 15.3 Å². The summed E-state index contributed by atoms with van der Waals surface area (Å²) in [6.45, 7) is 6.14. The maximum absolute atomic E-state index is 3.79. The van der Waals surface area contributed by atoms with E-state index in [1.165, 1.54) is 77.4 Å². The van der Waals surface area contributed by atoms with Crippen LogP contribution >= 0.6 is 0 Å². The van der Waals surface area contributed by atoms with Crippen LogP contribution in [0.3, 0.4) is 0 Å². The Bertz CT molecular complexity index is 235. The quantitative estimate of drug-likeness (QED) is 0.756. The fraction of sp³-hybridized carbons (Fsp3) is 1.00. The second-order valence-electron chi connectivity index (χ2n) is 6.98. The zero-order chi connectivity index (χ0) is 13.5. The third-order valence-electron chi connectivity index (χ3n) is 5.16. The van der Waals surface area contributed by atoms with Gasteiger partial charge in [0.2, 0.25) is 0 Å². The summed E-state index contributed by atoms with van der Waals surface area (Å²) in [5, 5.41) is 3.79.